The lowest BCUT2D eigenvalue weighted by Gasteiger charge is -2.38. The smallest absolute Gasteiger partial charge is 0.417 e. The number of carbonyl (C=O) groups is 3. The second kappa shape index (κ2) is 15.4. The molecule has 0 aromatic heterocycles. The van der Waals surface area contributed by atoms with Crippen LogP contribution in [0, 0.1) is 0 Å². The predicted octanol–water partition coefficient (Wildman–Crippen LogP) is 2.29. The molecule has 0 aliphatic carbocycles. The van der Waals surface area contributed by atoms with Gasteiger partial charge in [0.25, 0.3) is 0 Å². The number of rotatable bonds is 13. The van der Waals surface area contributed by atoms with Gasteiger partial charge in [0, 0.05) is 5.56 Å². The second-order valence-corrected chi connectivity index (χ2v) is 12.2. The lowest BCUT2D eigenvalue weighted by molar-refractivity contribution is -0.933. The summed E-state index contributed by atoms with van der Waals surface area (Å²) in [7, 11) is 1.69. The summed E-state index contributed by atoms with van der Waals surface area (Å²) in [5.74, 6) is -2.26. The summed E-state index contributed by atoms with van der Waals surface area (Å²) < 4.78 is 5.28. The molecule has 0 fully saturated rings. The number of quaternary nitrogens is 1. The number of hydrogen-bond donors (Lipinski definition) is 3. The van der Waals surface area contributed by atoms with Gasteiger partial charge >= 0.3 is 6.09 Å². The van der Waals surface area contributed by atoms with Crippen LogP contribution in [0.2, 0.25) is 0 Å². The minimum absolute atomic E-state index is 0.0221. The van der Waals surface area contributed by atoms with Crippen molar-refractivity contribution in [3.63, 3.8) is 0 Å². The van der Waals surface area contributed by atoms with Crippen LogP contribution in [-0.2, 0) is 27.3 Å². The Kier molecular flexibility index (Phi) is 12.0. The molecule has 4 atom stereocenters. The van der Waals surface area contributed by atoms with Crippen LogP contribution < -0.4 is 16.6 Å². The molecular formula is C34H43N5O6. The van der Waals surface area contributed by atoms with Gasteiger partial charge in [0.15, 0.2) is 0 Å². The second-order valence-electron chi connectivity index (χ2n) is 12.2. The third-order valence-electron chi connectivity index (χ3n) is 6.93. The fourth-order valence-electron chi connectivity index (χ4n) is 4.94. The van der Waals surface area contributed by atoms with Crippen molar-refractivity contribution in [3.8, 4) is 0 Å². The largest absolute Gasteiger partial charge is 0.855 e. The van der Waals surface area contributed by atoms with Crippen molar-refractivity contribution < 1.29 is 33.9 Å². The zero-order valence-electron chi connectivity index (χ0n) is 26.2. The molecule has 3 amide bonds. The van der Waals surface area contributed by atoms with Gasteiger partial charge in [0.05, 0.1) is 31.4 Å². The molecule has 3 rings (SSSR count). The fourth-order valence-corrected chi connectivity index (χ4v) is 4.94. The zero-order chi connectivity index (χ0) is 33.2. The minimum atomic E-state index is -1.46. The third-order valence-corrected chi connectivity index (χ3v) is 6.93. The Morgan fingerprint density at radius 2 is 1.44 bits per heavy atom. The van der Waals surface area contributed by atoms with Gasteiger partial charge in [-0.25, -0.2) is 9.69 Å². The average molecular weight is 618 g/mol. The molecule has 5 N–H and O–H groups in total. The van der Waals surface area contributed by atoms with Gasteiger partial charge in [-0.2, -0.15) is 4.59 Å². The summed E-state index contributed by atoms with van der Waals surface area (Å²) in [5, 5.41) is 29.8. The predicted molar refractivity (Wildman–Crippen MR) is 169 cm³/mol. The molecule has 0 spiro atoms. The summed E-state index contributed by atoms with van der Waals surface area (Å²) in [4.78, 5) is 39.9. The highest BCUT2D eigenvalue weighted by Gasteiger charge is 2.42. The van der Waals surface area contributed by atoms with E-state index in [1.54, 1.807) is 82.4 Å². The molecule has 0 heterocycles. The molecule has 11 heteroatoms. The van der Waals surface area contributed by atoms with Crippen LogP contribution >= 0.6 is 0 Å². The van der Waals surface area contributed by atoms with E-state index >= 15 is 0 Å². The van der Waals surface area contributed by atoms with E-state index in [4.69, 9.17) is 16.2 Å². The summed E-state index contributed by atoms with van der Waals surface area (Å²) in [6.45, 7) is 4.96. The van der Waals surface area contributed by atoms with Gasteiger partial charge in [0.2, 0.25) is 11.8 Å². The molecule has 0 saturated heterocycles. The average Bonchev–Trinajstić information content (AvgIpc) is 2.96. The van der Waals surface area contributed by atoms with Gasteiger partial charge in [0.1, 0.15) is 24.8 Å². The number of carbonyl (C=O) groups excluding carboxylic acids is 3. The number of aliphatic hydroxyl groups excluding tert-OH is 1. The number of benzene rings is 3. The zero-order valence-corrected chi connectivity index (χ0v) is 26.2. The standard InChI is InChI=1S/C34H43N5O6/c1-34(2,3)45-33(44)38(32(43)27(35)21-30(36)41)28(20-24-14-8-5-9-15-24)29(40)23-39(4,22-25-16-10-6-11-17-25)37-31(42)26-18-12-7-13-19-26/h5-19,27-29,40H,20-23,35H2,1-4H3,(H2-,36,37,41,42)/t27-,28-,29-,39?/m0/s1. The molecule has 0 bridgehead atoms. The van der Waals surface area contributed by atoms with Gasteiger partial charge in [-0.3, -0.25) is 9.59 Å². The first kappa shape index (κ1) is 34.9. The molecule has 0 radical (unpaired) electrons. The molecule has 0 saturated carbocycles. The van der Waals surface area contributed by atoms with Crippen molar-refractivity contribution in [1.29, 1.82) is 0 Å². The monoisotopic (exact) mass is 617 g/mol. The van der Waals surface area contributed by atoms with Crippen LogP contribution in [0.4, 0.5) is 4.79 Å². The molecule has 1 unspecified atom stereocenters. The van der Waals surface area contributed by atoms with E-state index in [0.29, 0.717) is 11.1 Å². The number of nitrogens with zero attached hydrogens (tertiary/aromatic N) is 3. The third kappa shape index (κ3) is 10.8. The van der Waals surface area contributed by atoms with Crippen molar-refractivity contribution in [2.75, 3.05) is 13.6 Å². The number of hydrogen-bond acceptors (Lipinski definition) is 8. The Morgan fingerprint density at radius 3 is 1.96 bits per heavy atom. The number of nitrogens with two attached hydrogens (primary N) is 2. The molecule has 3 aromatic carbocycles. The summed E-state index contributed by atoms with van der Waals surface area (Å²) in [6.07, 6.45) is -2.96. The Labute approximate surface area is 264 Å². The molecule has 3 aromatic rings. The highest BCUT2D eigenvalue weighted by atomic mass is 16.6. The van der Waals surface area contributed by atoms with Crippen LogP contribution in [0.5, 0.6) is 0 Å². The first-order chi connectivity index (χ1) is 21.2. The molecule has 0 aliphatic heterocycles. The van der Waals surface area contributed by atoms with Crippen molar-refractivity contribution in [3.05, 3.63) is 108 Å². The molecule has 0 aliphatic rings. The van der Waals surface area contributed by atoms with E-state index in [0.717, 1.165) is 10.5 Å². The van der Waals surface area contributed by atoms with E-state index in [1.807, 2.05) is 36.4 Å². The van der Waals surface area contributed by atoms with E-state index in [1.165, 1.54) is 0 Å². The van der Waals surface area contributed by atoms with E-state index < -0.39 is 54.0 Å². The molecule has 240 valence electrons. The number of likely N-dealkylation sites (N-methyl/N-ethyl adjacent to an activating group) is 1. The Hall–Kier alpha value is -4.58. The lowest BCUT2D eigenvalue weighted by Crippen LogP contribution is -2.60. The Morgan fingerprint density at radius 1 is 0.933 bits per heavy atom. The number of amides is 3. The van der Waals surface area contributed by atoms with E-state index in [9.17, 15) is 24.6 Å². The van der Waals surface area contributed by atoms with Gasteiger partial charge in [-0.1, -0.05) is 96.1 Å². The van der Waals surface area contributed by atoms with Crippen molar-refractivity contribution >= 4 is 23.8 Å². The summed E-state index contributed by atoms with van der Waals surface area (Å²) in [6, 6.07) is 24.2. The fraction of sp³-hybridized carbons (Fsp3) is 0.353. The highest BCUT2D eigenvalue weighted by molar-refractivity contribution is 5.97. The van der Waals surface area contributed by atoms with Crippen LogP contribution in [-0.4, -0.2) is 75.8 Å². The number of primary amides is 1. The van der Waals surface area contributed by atoms with Crippen LogP contribution in [0.25, 0.3) is 0 Å². The van der Waals surface area contributed by atoms with Crippen molar-refractivity contribution in [2.45, 2.75) is 63.9 Å². The molecule has 11 nitrogen and oxygen atoms in total. The van der Waals surface area contributed by atoms with Crippen LogP contribution in [0.15, 0.2) is 96.1 Å². The highest BCUT2D eigenvalue weighted by Crippen LogP contribution is 2.23. The van der Waals surface area contributed by atoms with Gasteiger partial charge in [-0.05, 0) is 38.3 Å². The first-order valence-electron chi connectivity index (χ1n) is 14.7. The lowest BCUT2D eigenvalue weighted by atomic mass is 9.97. The van der Waals surface area contributed by atoms with E-state index in [2.05, 4.69) is 5.10 Å². The Bertz CT molecular complexity index is 1450. The first-order valence-corrected chi connectivity index (χ1v) is 14.7. The van der Waals surface area contributed by atoms with Crippen LogP contribution in [0.1, 0.15) is 43.9 Å². The normalized spacial score (nSPS) is 15.3. The number of imide groups is 1. The number of ether oxygens (including phenoxy) is 1. The maximum Gasteiger partial charge on any atom is 0.417 e. The van der Waals surface area contributed by atoms with Gasteiger partial charge in [-0.15, -0.1) is 0 Å². The summed E-state index contributed by atoms with van der Waals surface area (Å²) in [5.41, 5.74) is 12.3. The van der Waals surface area contributed by atoms with Gasteiger partial charge < -0.3 is 26.4 Å². The maximum absolute atomic E-state index is 13.8. The minimum Gasteiger partial charge on any atom is -0.855 e. The van der Waals surface area contributed by atoms with Crippen molar-refractivity contribution in [1.82, 2.24) is 4.90 Å². The number of aliphatic hydroxyl groups is 1. The van der Waals surface area contributed by atoms with Crippen LogP contribution in [0.3, 0.4) is 0 Å². The SMILES string of the molecule is CC(C)(C)OC(=O)N(C(=O)[C@@H](N)CC(N)=O)[C@@H](Cc1ccccc1)[C@@H](O)C[N+](C)(Cc1ccccc1)/N=C(\[O-])c1ccccc1. The van der Waals surface area contributed by atoms with Crippen molar-refractivity contribution in [2.24, 2.45) is 16.6 Å². The van der Waals surface area contributed by atoms with E-state index in [-0.39, 0.29) is 24.1 Å². The maximum atomic E-state index is 13.8. The topological polar surface area (TPSA) is 171 Å². The molecular weight excluding hydrogens is 574 g/mol. The quantitative estimate of drug-likeness (QED) is 0.114. The summed E-state index contributed by atoms with van der Waals surface area (Å²) >= 11 is 0. The molecule has 45 heavy (non-hydrogen) atoms. The Balaban J connectivity index is 2.11.